The first-order valence-corrected chi connectivity index (χ1v) is 8.30. The maximum Gasteiger partial charge on any atom is 0.338 e. The molecule has 3 aromatic rings. The lowest BCUT2D eigenvalue weighted by atomic mass is 10.1. The number of esters is 1. The zero-order valence-electron chi connectivity index (χ0n) is 14.3. The number of Topliss-reactive ketones (excluding diaryl/α,β-unsaturated/α-hetero) is 1. The summed E-state index contributed by atoms with van der Waals surface area (Å²) in [6.45, 7) is 1.81. The highest BCUT2D eigenvalue weighted by molar-refractivity contribution is 5.99. The summed E-state index contributed by atoms with van der Waals surface area (Å²) in [6.07, 6.45) is 3.49. The number of aromatic nitrogens is 4. The van der Waals surface area contributed by atoms with Gasteiger partial charge >= 0.3 is 5.97 Å². The molecule has 7 heteroatoms. The van der Waals surface area contributed by atoms with E-state index in [1.807, 2.05) is 12.1 Å². The molecule has 132 valence electrons. The number of nitrogens with zero attached hydrogens (tertiary/aromatic N) is 4. The molecule has 0 bridgehead atoms. The van der Waals surface area contributed by atoms with Gasteiger partial charge in [0, 0.05) is 5.56 Å². The fourth-order valence-corrected chi connectivity index (χ4v) is 2.47. The van der Waals surface area contributed by atoms with Gasteiger partial charge in [-0.05, 0) is 46.7 Å². The van der Waals surface area contributed by atoms with Crippen LogP contribution in [0.3, 0.4) is 0 Å². The van der Waals surface area contributed by atoms with E-state index >= 15 is 0 Å². The molecule has 0 atom stereocenters. The van der Waals surface area contributed by atoms with Crippen LogP contribution in [0.2, 0.25) is 0 Å². The maximum absolute atomic E-state index is 12.2. The summed E-state index contributed by atoms with van der Waals surface area (Å²) in [4.78, 5) is 24.3. The predicted octanol–water partition coefficient (Wildman–Crippen LogP) is 2.65. The average molecular weight is 350 g/mol. The zero-order valence-corrected chi connectivity index (χ0v) is 14.3. The van der Waals surface area contributed by atoms with Crippen molar-refractivity contribution >= 4 is 11.8 Å². The van der Waals surface area contributed by atoms with Gasteiger partial charge in [-0.2, -0.15) is 0 Å². The number of aryl methyl sites for hydroxylation is 1. The number of carbonyl (C=O) groups is 2. The molecule has 0 aliphatic carbocycles. The Balaban J connectivity index is 1.57. The molecule has 0 amide bonds. The van der Waals surface area contributed by atoms with Crippen LogP contribution in [0.15, 0.2) is 54.9 Å². The highest BCUT2D eigenvalue weighted by atomic mass is 16.5. The summed E-state index contributed by atoms with van der Waals surface area (Å²) in [5.74, 6) is -0.782. The highest BCUT2D eigenvalue weighted by Gasteiger charge is 2.12. The molecular weight excluding hydrogens is 332 g/mol. The van der Waals surface area contributed by atoms with Crippen LogP contribution in [0.1, 0.15) is 39.6 Å². The van der Waals surface area contributed by atoms with E-state index in [0.717, 1.165) is 18.5 Å². The third-order valence-corrected chi connectivity index (χ3v) is 3.87. The van der Waals surface area contributed by atoms with Gasteiger partial charge in [-0.15, -0.1) is 5.10 Å². The molecular formula is C19H18N4O3. The quantitative estimate of drug-likeness (QED) is 0.481. The number of tetrazole rings is 1. The fourth-order valence-electron chi connectivity index (χ4n) is 2.47. The third kappa shape index (κ3) is 4.18. The van der Waals surface area contributed by atoms with Crippen molar-refractivity contribution in [1.82, 2.24) is 20.2 Å². The topological polar surface area (TPSA) is 87.0 Å². The normalized spacial score (nSPS) is 10.5. The van der Waals surface area contributed by atoms with Crippen LogP contribution in [0.5, 0.6) is 0 Å². The summed E-state index contributed by atoms with van der Waals surface area (Å²) in [5, 5.41) is 10.9. The van der Waals surface area contributed by atoms with E-state index in [2.05, 4.69) is 22.4 Å². The Morgan fingerprint density at radius 1 is 1.00 bits per heavy atom. The first kappa shape index (κ1) is 17.5. The average Bonchev–Trinajstić information content (AvgIpc) is 3.21. The van der Waals surface area contributed by atoms with Crippen LogP contribution in [0.4, 0.5) is 0 Å². The van der Waals surface area contributed by atoms with Crippen molar-refractivity contribution in [3.8, 4) is 5.69 Å². The van der Waals surface area contributed by atoms with Gasteiger partial charge in [0.15, 0.2) is 12.4 Å². The van der Waals surface area contributed by atoms with E-state index in [-0.39, 0.29) is 12.4 Å². The number of ether oxygens (including phenoxy) is 1. The fraction of sp³-hybridized carbons (Fsp3) is 0.211. The minimum absolute atomic E-state index is 0.230. The predicted molar refractivity (Wildman–Crippen MR) is 94.2 cm³/mol. The molecule has 2 aromatic carbocycles. The number of rotatable bonds is 7. The van der Waals surface area contributed by atoms with Gasteiger partial charge < -0.3 is 4.74 Å². The van der Waals surface area contributed by atoms with Gasteiger partial charge in [-0.1, -0.05) is 37.6 Å². The molecule has 0 saturated carbocycles. The van der Waals surface area contributed by atoms with E-state index < -0.39 is 5.97 Å². The van der Waals surface area contributed by atoms with Gasteiger partial charge in [0.25, 0.3) is 0 Å². The minimum atomic E-state index is -0.552. The van der Waals surface area contributed by atoms with Gasteiger partial charge in [-0.3, -0.25) is 4.79 Å². The molecule has 0 radical (unpaired) electrons. The van der Waals surface area contributed by atoms with Gasteiger partial charge in [0.1, 0.15) is 6.33 Å². The van der Waals surface area contributed by atoms with E-state index in [4.69, 9.17) is 4.74 Å². The molecule has 0 fully saturated rings. The molecule has 0 N–H and O–H groups in total. The van der Waals surface area contributed by atoms with Crippen molar-refractivity contribution < 1.29 is 14.3 Å². The van der Waals surface area contributed by atoms with Gasteiger partial charge in [0.05, 0.1) is 11.3 Å². The summed E-state index contributed by atoms with van der Waals surface area (Å²) in [5.41, 5.74) is 2.79. The second kappa shape index (κ2) is 8.15. The van der Waals surface area contributed by atoms with E-state index in [1.54, 1.807) is 36.4 Å². The summed E-state index contributed by atoms with van der Waals surface area (Å²) >= 11 is 0. The van der Waals surface area contributed by atoms with Crippen molar-refractivity contribution in [2.75, 3.05) is 6.61 Å². The largest absolute Gasteiger partial charge is 0.454 e. The molecule has 0 aliphatic rings. The van der Waals surface area contributed by atoms with Crippen LogP contribution in [0.25, 0.3) is 5.69 Å². The lowest BCUT2D eigenvalue weighted by Crippen LogP contribution is -2.14. The van der Waals surface area contributed by atoms with Crippen LogP contribution < -0.4 is 0 Å². The SMILES string of the molecule is CCCc1ccc(C(=O)COC(=O)c2ccc(-n3cnnn3)cc2)cc1. The Kier molecular flexibility index (Phi) is 5.48. The first-order valence-electron chi connectivity index (χ1n) is 8.30. The van der Waals surface area contributed by atoms with Crippen LogP contribution in [0, 0.1) is 0 Å². The van der Waals surface area contributed by atoms with Crippen molar-refractivity contribution in [3.63, 3.8) is 0 Å². The Labute approximate surface area is 150 Å². The highest BCUT2D eigenvalue weighted by Crippen LogP contribution is 2.11. The Morgan fingerprint density at radius 3 is 2.31 bits per heavy atom. The summed E-state index contributed by atoms with van der Waals surface area (Å²) in [7, 11) is 0. The number of ketones is 1. The number of hydrogen-bond donors (Lipinski definition) is 0. The van der Waals surface area contributed by atoms with Crippen molar-refractivity contribution in [2.24, 2.45) is 0 Å². The van der Waals surface area contributed by atoms with Crippen LogP contribution in [-0.2, 0) is 11.2 Å². The second-order valence-electron chi connectivity index (χ2n) is 5.75. The maximum atomic E-state index is 12.2. The van der Waals surface area contributed by atoms with Gasteiger partial charge in [-0.25, -0.2) is 9.48 Å². The third-order valence-electron chi connectivity index (χ3n) is 3.87. The lowest BCUT2D eigenvalue weighted by Gasteiger charge is -2.06. The summed E-state index contributed by atoms with van der Waals surface area (Å²) in [6, 6.07) is 14.0. The van der Waals surface area contributed by atoms with Crippen LogP contribution in [-0.4, -0.2) is 38.6 Å². The lowest BCUT2D eigenvalue weighted by molar-refractivity contribution is 0.0475. The van der Waals surface area contributed by atoms with E-state index in [9.17, 15) is 9.59 Å². The second-order valence-corrected chi connectivity index (χ2v) is 5.75. The monoisotopic (exact) mass is 350 g/mol. The molecule has 0 spiro atoms. The molecule has 0 unspecified atom stereocenters. The zero-order chi connectivity index (χ0) is 18.4. The Bertz CT molecular complexity index is 872. The summed E-state index contributed by atoms with van der Waals surface area (Å²) < 4.78 is 6.59. The molecule has 0 saturated heterocycles. The van der Waals surface area contributed by atoms with Crippen LogP contribution >= 0.6 is 0 Å². The van der Waals surface area contributed by atoms with Crippen molar-refractivity contribution in [1.29, 1.82) is 0 Å². The minimum Gasteiger partial charge on any atom is -0.454 e. The van der Waals surface area contributed by atoms with Crippen molar-refractivity contribution in [2.45, 2.75) is 19.8 Å². The van der Waals surface area contributed by atoms with Gasteiger partial charge in [0.2, 0.25) is 0 Å². The van der Waals surface area contributed by atoms with E-state index in [0.29, 0.717) is 11.1 Å². The first-order chi connectivity index (χ1) is 12.7. The Hall–Kier alpha value is -3.35. The van der Waals surface area contributed by atoms with Crippen molar-refractivity contribution in [3.05, 3.63) is 71.5 Å². The molecule has 3 rings (SSSR count). The molecule has 7 nitrogen and oxygen atoms in total. The standard InChI is InChI=1S/C19H18N4O3/c1-2-3-14-4-6-15(7-5-14)18(24)12-26-19(25)16-8-10-17(11-9-16)23-13-20-21-22-23/h4-11,13H,2-3,12H2,1H3. The molecule has 1 heterocycles. The number of benzene rings is 2. The molecule has 26 heavy (non-hydrogen) atoms. The smallest absolute Gasteiger partial charge is 0.338 e. The Morgan fingerprint density at radius 2 is 1.69 bits per heavy atom. The van der Waals surface area contributed by atoms with E-state index in [1.165, 1.54) is 16.6 Å². The number of carbonyl (C=O) groups excluding carboxylic acids is 2. The molecule has 1 aromatic heterocycles. The molecule has 0 aliphatic heterocycles. The number of hydrogen-bond acceptors (Lipinski definition) is 6.